The number of methoxy groups -OCH3 is 2. The third kappa shape index (κ3) is 5.04. The molecule has 0 saturated heterocycles. The monoisotopic (exact) mass is 354 g/mol. The van der Waals surface area contributed by atoms with Gasteiger partial charge in [0.15, 0.2) is 11.5 Å². The molecular weight excluding hydrogens is 324 g/mol. The molecule has 0 fully saturated rings. The first kappa shape index (κ1) is 19.9. The second kappa shape index (κ2) is 9.33. The Kier molecular flexibility index (Phi) is 7.14. The molecule has 0 saturated carbocycles. The molecule has 0 spiro atoms. The summed E-state index contributed by atoms with van der Waals surface area (Å²) in [5.41, 5.74) is 5.05. The van der Waals surface area contributed by atoms with Crippen molar-refractivity contribution in [1.82, 2.24) is 0 Å². The smallest absolute Gasteiger partial charge is 0.164 e. The van der Waals surface area contributed by atoms with Crippen LogP contribution in [0.3, 0.4) is 0 Å². The number of ether oxygens (including phenoxy) is 3. The van der Waals surface area contributed by atoms with Gasteiger partial charge in [-0.3, -0.25) is 0 Å². The minimum absolute atomic E-state index is 0.315. The van der Waals surface area contributed by atoms with Crippen LogP contribution in [0.15, 0.2) is 53.6 Å². The zero-order chi connectivity index (χ0) is 19.1. The maximum Gasteiger partial charge on any atom is 0.164 e. The molecule has 2 aromatic rings. The Balaban J connectivity index is 2.35. The Bertz CT molecular complexity index is 744. The molecule has 0 amide bonds. The highest BCUT2D eigenvalue weighted by molar-refractivity contribution is 5.52. The Morgan fingerprint density at radius 2 is 1.50 bits per heavy atom. The van der Waals surface area contributed by atoms with Crippen molar-refractivity contribution in [3.05, 3.63) is 64.7 Å². The average molecular weight is 354 g/mol. The van der Waals surface area contributed by atoms with E-state index in [1.807, 2.05) is 30.3 Å². The van der Waals surface area contributed by atoms with Crippen molar-refractivity contribution >= 4 is 0 Å². The lowest BCUT2D eigenvalue weighted by Gasteiger charge is -2.20. The summed E-state index contributed by atoms with van der Waals surface area (Å²) in [5.74, 6) is 2.58. The van der Waals surface area contributed by atoms with Gasteiger partial charge in [-0.1, -0.05) is 48.4 Å². The number of hydrogen-bond acceptors (Lipinski definition) is 3. The summed E-state index contributed by atoms with van der Waals surface area (Å²) >= 11 is 0. The Labute approximate surface area is 157 Å². The zero-order valence-electron chi connectivity index (χ0n) is 16.8. The second-order valence-electron chi connectivity index (χ2n) is 6.90. The number of rotatable bonds is 8. The zero-order valence-corrected chi connectivity index (χ0v) is 16.8. The summed E-state index contributed by atoms with van der Waals surface area (Å²) in [7, 11) is 3.31. The van der Waals surface area contributed by atoms with Gasteiger partial charge in [0.2, 0.25) is 0 Å². The molecule has 2 rings (SSSR count). The summed E-state index contributed by atoms with van der Waals surface area (Å²) in [6, 6.07) is 14.2. The van der Waals surface area contributed by atoms with Crippen molar-refractivity contribution in [3.63, 3.8) is 0 Å². The molecule has 0 heterocycles. The molecule has 3 heteroatoms. The van der Waals surface area contributed by atoms with Crippen molar-refractivity contribution in [1.29, 1.82) is 0 Å². The number of hydrogen-bond donors (Lipinski definition) is 0. The van der Waals surface area contributed by atoms with Crippen LogP contribution in [0.1, 0.15) is 51.2 Å². The van der Waals surface area contributed by atoms with Gasteiger partial charge in [-0.2, -0.15) is 0 Å². The molecule has 140 valence electrons. The summed E-state index contributed by atoms with van der Waals surface area (Å²) in [4.78, 5) is 0. The molecule has 0 aromatic heterocycles. The largest absolute Gasteiger partial charge is 0.493 e. The van der Waals surface area contributed by atoms with Crippen LogP contribution in [0, 0.1) is 0 Å². The van der Waals surface area contributed by atoms with Crippen LogP contribution in [-0.2, 0) is 6.61 Å². The molecule has 0 bridgehead atoms. The van der Waals surface area contributed by atoms with Gasteiger partial charge < -0.3 is 14.2 Å². The van der Waals surface area contributed by atoms with E-state index < -0.39 is 0 Å². The highest BCUT2D eigenvalue weighted by Crippen LogP contribution is 2.40. The van der Waals surface area contributed by atoms with Gasteiger partial charge in [0, 0.05) is 11.6 Å². The highest BCUT2D eigenvalue weighted by atomic mass is 16.5. The summed E-state index contributed by atoms with van der Waals surface area (Å²) in [5, 5.41) is 0. The minimum atomic E-state index is 0.315. The van der Waals surface area contributed by atoms with Crippen molar-refractivity contribution in [2.24, 2.45) is 0 Å². The minimum Gasteiger partial charge on any atom is -0.493 e. The first-order chi connectivity index (χ1) is 12.5. The lowest BCUT2D eigenvalue weighted by molar-refractivity contribution is 0.295. The molecule has 0 aliphatic heterocycles. The van der Waals surface area contributed by atoms with E-state index in [1.54, 1.807) is 14.2 Å². The molecule has 0 aliphatic carbocycles. The fourth-order valence-corrected chi connectivity index (χ4v) is 2.89. The van der Waals surface area contributed by atoms with Crippen molar-refractivity contribution < 1.29 is 14.2 Å². The first-order valence-corrected chi connectivity index (χ1v) is 9.01. The van der Waals surface area contributed by atoms with Gasteiger partial charge in [-0.25, -0.2) is 0 Å². The SMILES string of the molecule is COc1cc(OCc2ccccc2)c(C(C)CC(C)=C(C)C)cc1OC. The van der Waals surface area contributed by atoms with Crippen molar-refractivity contribution in [3.8, 4) is 17.2 Å². The molecule has 26 heavy (non-hydrogen) atoms. The standard InChI is InChI=1S/C23H30O3/c1-16(2)17(3)12-18(4)20-13-22(24-5)23(25-6)14-21(20)26-15-19-10-8-7-9-11-19/h7-11,13-14,18H,12,15H2,1-6H3. The van der Waals surface area contributed by atoms with Gasteiger partial charge in [0.1, 0.15) is 12.4 Å². The van der Waals surface area contributed by atoms with Crippen LogP contribution in [0.2, 0.25) is 0 Å². The van der Waals surface area contributed by atoms with Gasteiger partial charge in [-0.05, 0) is 44.7 Å². The third-order valence-electron chi connectivity index (χ3n) is 4.75. The normalized spacial score (nSPS) is 11.6. The molecule has 0 N–H and O–H groups in total. The van der Waals surface area contributed by atoms with Crippen molar-refractivity contribution in [2.75, 3.05) is 14.2 Å². The quantitative estimate of drug-likeness (QED) is 0.533. The summed E-state index contributed by atoms with van der Waals surface area (Å²) < 4.78 is 17.2. The molecule has 0 radical (unpaired) electrons. The number of allylic oxidation sites excluding steroid dienone is 2. The van der Waals surface area contributed by atoms with Crippen LogP contribution in [0.5, 0.6) is 17.2 Å². The van der Waals surface area contributed by atoms with E-state index in [2.05, 4.69) is 39.8 Å². The highest BCUT2D eigenvalue weighted by Gasteiger charge is 2.18. The Hall–Kier alpha value is -2.42. The van der Waals surface area contributed by atoms with Gasteiger partial charge in [0.25, 0.3) is 0 Å². The van der Waals surface area contributed by atoms with Crippen LogP contribution < -0.4 is 14.2 Å². The first-order valence-electron chi connectivity index (χ1n) is 9.01. The predicted molar refractivity (Wildman–Crippen MR) is 107 cm³/mol. The number of benzene rings is 2. The molecule has 3 nitrogen and oxygen atoms in total. The third-order valence-corrected chi connectivity index (χ3v) is 4.75. The van der Waals surface area contributed by atoms with Gasteiger partial charge >= 0.3 is 0 Å². The van der Waals surface area contributed by atoms with Crippen LogP contribution >= 0.6 is 0 Å². The average Bonchev–Trinajstić information content (AvgIpc) is 2.66. The van der Waals surface area contributed by atoms with E-state index in [0.717, 1.165) is 29.0 Å². The van der Waals surface area contributed by atoms with E-state index in [-0.39, 0.29) is 0 Å². The van der Waals surface area contributed by atoms with E-state index >= 15 is 0 Å². The fourth-order valence-electron chi connectivity index (χ4n) is 2.89. The van der Waals surface area contributed by atoms with E-state index in [1.165, 1.54) is 11.1 Å². The second-order valence-corrected chi connectivity index (χ2v) is 6.90. The lowest BCUT2D eigenvalue weighted by atomic mass is 9.91. The van der Waals surface area contributed by atoms with Crippen molar-refractivity contribution in [2.45, 2.75) is 46.6 Å². The summed E-state index contributed by atoms with van der Waals surface area (Å²) in [6.07, 6.45) is 0.986. The van der Waals surface area contributed by atoms with Crippen LogP contribution in [0.25, 0.3) is 0 Å². The maximum absolute atomic E-state index is 6.18. The molecule has 1 unspecified atom stereocenters. The molecular formula is C23H30O3. The predicted octanol–water partition coefficient (Wildman–Crippen LogP) is 6.13. The molecule has 2 aromatic carbocycles. The van der Waals surface area contributed by atoms with Crippen LogP contribution in [-0.4, -0.2) is 14.2 Å². The van der Waals surface area contributed by atoms with E-state index in [9.17, 15) is 0 Å². The van der Waals surface area contributed by atoms with Gasteiger partial charge in [-0.15, -0.1) is 0 Å². The lowest BCUT2D eigenvalue weighted by Crippen LogP contribution is -2.04. The maximum atomic E-state index is 6.18. The topological polar surface area (TPSA) is 27.7 Å². The van der Waals surface area contributed by atoms with E-state index in [0.29, 0.717) is 18.3 Å². The molecule has 1 atom stereocenters. The van der Waals surface area contributed by atoms with E-state index in [4.69, 9.17) is 14.2 Å². The fraction of sp³-hybridized carbons (Fsp3) is 0.391. The Morgan fingerprint density at radius 3 is 2.08 bits per heavy atom. The van der Waals surface area contributed by atoms with Gasteiger partial charge in [0.05, 0.1) is 14.2 Å². The Morgan fingerprint density at radius 1 is 0.885 bits per heavy atom. The van der Waals surface area contributed by atoms with Crippen LogP contribution in [0.4, 0.5) is 0 Å². The molecule has 0 aliphatic rings. The summed E-state index contributed by atoms with van der Waals surface area (Å²) in [6.45, 7) is 9.25.